The summed E-state index contributed by atoms with van der Waals surface area (Å²) in [7, 11) is -3.57. The fourth-order valence-electron chi connectivity index (χ4n) is 3.97. The Hall–Kier alpha value is -1.97. The molecule has 0 aromatic heterocycles. The van der Waals surface area contributed by atoms with Crippen molar-refractivity contribution < 1.29 is 37.3 Å². The molecule has 2 fully saturated rings. The summed E-state index contributed by atoms with van der Waals surface area (Å²) in [6.45, 7) is 5.07. The van der Waals surface area contributed by atoms with Gasteiger partial charge in [0.1, 0.15) is 17.3 Å². The molecule has 9 heteroatoms. The molecule has 0 radical (unpaired) electrons. The summed E-state index contributed by atoms with van der Waals surface area (Å²) in [5.41, 5.74) is -2.09. The lowest BCUT2D eigenvalue weighted by atomic mass is 9.71. The van der Waals surface area contributed by atoms with Crippen LogP contribution >= 0.6 is 0 Å². The molecule has 2 bridgehead atoms. The predicted molar refractivity (Wildman–Crippen MR) is 101 cm³/mol. The van der Waals surface area contributed by atoms with Crippen molar-refractivity contribution in [2.45, 2.75) is 62.2 Å². The fraction of sp³-hybridized carbons (Fsp3) is 0.600. The Kier molecular flexibility index (Phi) is 6.03. The molecular weight excluding hydrogens is 400 g/mol. The van der Waals surface area contributed by atoms with Crippen LogP contribution in [0.15, 0.2) is 35.2 Å². The lowest BCUT2D eigenvalue weighted by Crippen LogP contribution is -2.60. The van der Waals surface area contributed by atoms with Crippen LogP contribution in [0.3, 0.4) is 0 Å². The zero-order chi connectivity index (χ0) is 21.3. The van der Waals surface area contributed by atoms with Crippen LogP contribution in [-0.2, 0) is 38.7 Å². The van der Waals surface area contributed by atoms with E-state index in [1.807, 2.05) is 0 Å². The molecule has 1 heterocycles. The SMILES string of the molecule is CCOC(=O)C(=O)O[C@]1(C)CC[C@@H]2C[C@H]1OO[C@]2(C)CS(=O)(=O)c1ccccc1. The number of carbonyl (C=O) groups is 2. The first-order chi connectivity index (χ1) is 13.6. The van der Waals surface area contributed by atoms with E-state index < -0.39 is 39.1 Å². The minimum atomic E-state index is -3.57. The van der Waals surface area contributed by atoms with Gasteiger partial charge in [0.15, 0.2) is 9.84 Å². The number of carbonyl (C=O) groups excluding carboxylic acids is 2. The normalized spacial score (nSPS) is 31.7. The topological polar surface area (TPSA) is 105 Å². The van der Waals surface area contributed by atoms with Gasteiger partial charge >= 0.3 is 11.9 Å². The van der Waals surface area contributed by atoms with E-state index in [0.29, 0.717) is 19.3 Å². The smallest absolute Gasteiger partial charge is 0.418 e. The summed E-state index contributed by atoms with van der Waals surface area (Å²) in [5, 5.41) is 0. The molecule has 8 nitrogen and oxygen atoms in total. The highest BCUT2D eigenvalue weighted by Crippen LogP contribution is 2.47. The van der Waals surface area contributed by atoms with E-state index in [1.165, 1.54) is 0 Å². The van der Waals surface area contributed by atoms with E-state index in [9.17, 15) is 18.0 Å². The lowest BCUT2D eigenvalue weighted by Gasteiger charge is -2.51. The number of hydrogen-bond donors (Lipinski definition) is 0. The molecule has 0 amide bonds. The van der Waals surface area contributed by atoms with Crippen molar-refractivity contribution in [2.75, 3.05) is 12.4 Å². The average molecular weight is 426 g/mol. The minimum Gasteiger partial charge on any atom is -0.458 e. The number of ether oxygens (including phenoxy) is 2. The standard InChI is InChI=1S/C20H26O8S/c1-4-25-17(21)18(22)26-19(2)11-10-14-12-16(19)27-28-20(14,3)13-29(23,24)15-8-6-5-7-9-15/h5-9,14,16H,4,10-13H2,1-3H3/t14-,16-,19-,20-/m1/s1. The Morgan fingerprint density at radius 3 is 2.52 bits per heavy atom. The first-order valence-electron chi connectivity index (χ1n) is 9.62. The molecule has 0 unspecified atom stereocenters. The van der Waals surface area contributed by atoms with Crippen molar-refractivity contribution in [3.05, 3.63) is 30.3 Å². The average Bonchev–Trinajstić information content (AvgIpc) is 2.67. The van der Waals surface area contributed by atoms with Gasteiger partial charge in [0, 0.05) is 0 Å². The van der Waals surface area contributed by atoms with Gasteiger partial charge in [0.2, 0.25) is 0 Å². The van der Waals surface area contributed by atoms with Gasteiger partial charge in [-0.05, 0) is 58.1 Å². The van der Waals surface area contributed by atoms with Crippen molar-refractivity contribution >= 4 is 21.8 Å². The van der Waals surface area contributed by atoms with Crippen molar-refractivity contribution in [1.82, 2.24) is 0 Å². The highest BCUT2D eigenvalue weighted by atomic mass is 32.2. The van der Waals surface area contributed by atoms with E-state index in [1.54, 1.807) is 51.1 Å². The molecule has 0 spiro atoms. The zero-order valence-corrected chi connectivity index (χ0v) is 17.6. The molecule has 1 aliphatic carbocycles. The monoisotopic (exact) mass is 426 g/mol. The third-order valence-corrected chi connectivity index (χ3v) is 7.68. The Bertz CT molecular complexity index is 868. The van der Waals surface area contributed by atoms with Gasteiger partial charge < -0.3 is 9.47 Å². The largest absolute Gasteiger partial charge is 0.458 e. The van der Waals surface area contributed by atoms with Crippen LogP contribution in [0, 0.1) is 5.92 Å². The minimum absolute atomic E-state index is 0.0734. The first-order valence-corrected chi connectivity index (χ1v) is 11.3. The second kappa shape index (κ2) is 8.04. The number of fused-ring (bicyclic) bond motifs is 2. The molecule has 1 saturated heterocycles. The van der Waals surface area contributed by atoms with Crippen molar-refractivity contribution in [3.8, 4) is 0 Å². The molecule has 29 heavy (non-hydrogen) atoms. The fourth-order valence-corrected chi connectivity index (χ4v) is 5.75. The third-order valence-electron chi connectivity index (χ3n) is 5.73. The van der Waals surface area contributed by atoms with Crippen molar-refractivity contribution in [2.24, 2.45) is 5.92 Å². The number of esters is 2. The van der Waals surface area contributed by atoms with Crippen LogP contribution in [0.25, 0.3) is 0 Å². The van der Waals surface area contributed by atoms with Crippen LogP contribution < -0.4 is 0 Å². The first kappa shape index (κ1) is 21.7. The Morgan fingerprint density at radius 2 is 1.86 bits per heavy atom. The molecule has 1 aromatic rings. The maximum absolute atomic E-state index is 12.8. The maximum Gasteiger partial charge on any atom is 0.418 e. The van der Waals surface area contributed by atoms with Crippen molar-refractivity contribution in [3.63, 3.8) is 0 Å². The molecule has 0 N–H and O–H groups in total. The maximum atomic E-state index is 12.8. The summed E-state index contributed by atoms with van der Waals surface area (Å²) in [6, 6.07) is 8.21. The van der Waals surface area contributed by atoms with Gasteiger partial charge in [0.05, 0.1) is 17.3 Å². The van der Waals surface area contributed by atoms with Crippen LogP contribution in [0.2, 0.25) is 0 Å². The lowest BCUT2D eigenvalue weighted by molar-refractivity contribution is -0.441. The van der Waals surface area contributed by atoms with E-state index in [2.05, 4.69) is 4.74 Å². The highest BCUT2D eigenvalue weighted by molar-refractivity contribution is 7.91. The summed E-state index contributed by atoms with van der Waals surface area (Å²) >= 11 is 0. The number of hydrogen-bond acceptors (Lipinski definition) is 8. The molecule has 1 saturated carbocycles. The molecule has 1 aliphatic heterocycles. The summed E-state index contributed by atoms with van der Waals surface area (Å²) in [5.74, 6) is -2.45. The zero-order valence-electron chi connectivity index (χ0n) is 16.8. The van der Waals surface area contributed by atoms with Crippen molar-refractivity contribution in [1.29, 1.82) is 0 Å². The molecule has 2 aliphatic rings. The van der Waals surface area contributed by atoms with Crippen LogP contribution in [-0.4, -0.2) is 50.0 Å². The summed E-state index contributed by atoms with van der Waals surface area (Å²) < 4.78 is 35.7. The van der Waals surface area contributed by atoms with E-state index in [4.69, 9.17) is 14.5 Å². The third kappa shape index (κ3) is 4.46. The molecular formula is C20H26O8S. The number of benzene rings is 1. The molecule has 160 valence electrons. The van der Waals surface area contributed by atoms with E-state index in [-0.39, 0.29) is 23.2 Å². The summed E-state index contributed by atoms with van der Waals surface area (Å²) in [6.07, 6.45) is 0.825. The van der Waals surface area contributed by atoms with Gasteiger partial charge in [-0.25, -0.2) is 27.8 Å². The Balaban J connectivity index is 1.70. The second-order valence-electron chi connectivity index (χ2n) is 7.95. The van der Waals surface area contributed by atoms with E-state index in [0.717, 1.165) is 0 Å². The number of sulfone groups is 1. The quantitative estimate of drug-likeness (QED) is 0.401. The molecule has 1 aromatic carbocycles. The van der Waals surface area contributed by atoms with Gasteiger partial charge in [-0.3, -0.25) is 0 Å². The van der Waals surface area contributed by atoms with Gasteiger partial charge in [-0.2, -0.15) is 0 Å². The molecule has 3 rings (SSSR count). The Morgan fingerprint density at radius 1 is 1.17 bits per heavy atom. The van der Waals surface area contributed by atoms with Gasteiger partial charge in [0.25, 0.3) is 0 Å². The van der Waals surface area contributed by atoms with E-state index >= 15 is 0 Å². The Labute approximate surface area is 170 Å². The van der Waals surface area contributed by atoms with Crippen LogP contribution in [0.5, 0.6) is 0 Å². The van der Waals surface area contributed by atoms with Crippen LogP contribution in [0.4, 0.5) is 0 Å². The van der Waals surface area contributed by atoms with Gasteiger partial charge in [-0.1, -0.05) is 18.2 Å². The summed E-state index contributed by atoms with van der Waals surface area (Å²) in [4.78, 5) is 34.9. The van der Waals surface area contributed by atoms with Gasteiger partial charge in [-0.15, -0.1) is 0 Å². The number of rotatable bonds is 5. The molecule has 4 atom stereocenters. The predicted octanol–water partition coefficient (Wildman–Crippen LogP) is 2.21. The van der Waals surface area contributed by atoms with Crippen LogP contribution in [0.1, 0.15) is 40.0 Å². The second-order valence-corrected chi connectivity index (χ2v) is 9.94. The highest BCUT2D eigenvalue weighted by Gasteiger charge is 2.55.